The summed E-state index contributed by atoms with van der Waals surface area (Å²) in [5.41, 5.74) is 8.23. The van der Waals surface area contributed by atoms with Gasteiger partial charge in [0.15, 0.2) is 5.65 Å². The van der Waals surface area contributed by atoms with E-state index in [2.05, 4.69) is 55.0 Å². The Labute approximate surface area is 181 Å². The van der Waals surface area contributed by atoms with Gasteiger partial charge < -0.3 is 4.98 Å². The molecule has 1 spiro atoms. The number of nitrogens with zero attached hydrogens (tertiary/aromatic N) is 3. The molecule has 0 radical (unpaired) electrons. The van der Waals surface area contributed by atoms with Crippen molar-refractivity contribution in [3.8, 4) is 11.3 Å². The van der Waals surface area contributed by atoms with Gasteiger partial charge in [-0.25, -0.2) is 9.50 Å². The number of fused-ring (bicyclic) bond motifs is 2. The van der Waals surface area contributed by atoms with E-state index in [9.17, 15) is 0 Å². The van der Waals surface area contributed by atoms with Gasteiger partial charge in [0.25, 0.3) is 0 Å². The predicted octanol–water partition coefficient (Wildman–Crippen LogP) is 7.12. The van der Waals surface area contributed by atoms with Gasteiger partial charge in [-0.05, 0) is 86.0 Å². The Bertz CT molecular complexity index is 1270. The van der Waals surface area contributed by atoms with Crippen LogP contribution < -0.4 is 0 Å². The van der Waals surface area contributed by atoms with Crippen molar-refractivity contribution < 1.29 is 0 Å². The molecule has 0 saturated heterocycles. The molecule has 0 amide bonds. The van der Waals surface area contributed by atoms with Crippen molar-refractivity contribution in [2.45, 2.75) is 78.1 Å². The number of hydrogen-bond donors (Lipinski definition) is 1. The van der Waals surface area contributed by atoms with Gasteiger partial charge >= 0.3 is 0 Å². The number of rotatable bonds is 3. The molecule has 2 saturated carbocycles. The maximum absolute atomic E-state index is 4.39. The van der Waals surface area contributed by atoms with Crippen LogP contribution in [0.25, 0.3) is 27.1 Å². The topological polar surface area (TPSA) is 46.0 Å². The summed E-state index contributed by atoms with van der Waals surface area (Å²) in [7, 11) is 0. The lowest BCUT2D eigenvalue weighted by atomic mass is 9.67. The highest BCUT2D eigenvalue weighted by Crippen LogP contribution is 2.59. The minimum absolute atomic E-state index is 0.461. The van der Waals surface area contributed by atoms with Crippen LogP contribution in [0.2, 0.25) is 0 Å². The Balaban J connectivity index is 1.48. The third-order valence-electron chi connectivity index (χ3n) is 7.87. The molecule has 2 aliphatic rings. The molecule has 6 rings (SSSR count). The molecule has 2 fully saturated rings. The SMILES string of the molecule is Cc1c(C2CCC3(CCC3)C2)sc2[nH]c(-c3cc(C)c4ncnn4c3)c(C(C)C)c12. The maximum Gasteiger partial charge on any atom is 0.158 e. The largest absolute Gasteiger partial charge is 0.346 e. The van der Waals surface area contributed by atoms with Crippen LogP contribution in [0.3, 0.4) is 0 Å². The van der Waals surface area contributed by atoms with Gasteiger partial charge in [-0.2, -0.15) is 5.10 Å². The second kappa shape index (κ2) is 6.43. The van der Waals surface area contributed by atoms with Gasteiger partial charge in [-0.15, -0.1) is 11.3 Å². The standard InChI is InChI=1S/C25H30N4S/c1-14(2)19-20-16(4)22(17-6-9-25(11-17)7-5-8-25)30-24(20)28-21(19)18-10-15(3)23-26-13-27-29(23)12-18/h10,12-14,17,28H,5-9,11H2,1-4H3. The average molecular weight is 419 g/mol. The van der Waals surface area contributed by atoms with Crippen molar-refractivity contribution in [3.05, 3.63) is 40.2 Å². The molecule has 1 unspecified atom stereocenters. The maximum atomic E-state index is 4.39. The number of hydrogen-bond acceptors (Lipinski definition) is 3. The predicted molar refractivity (Wildman–Crippen MR) is 125 cm³/mol. The second-order valence-electron chi connectivity index (χ2n) is 10.1. The van der Waals surface area contributed by atoms with Crippen LogP contribution in [0, 0.1) is 19.3 Å². The van der Waals surface area contributed by atoms with E-state index < -0.39 is 0 Å². The normalized spacial score (nSPS) is 20.8. The summed E-state index contributed by atoms with van der Waals surface area (Å²) in [4.78, 5) is 11.2. The van der Waals surface area contributed by atoms with E-state index >= 15 is 0 Å². The second-order valence-corrected chi connectivity index (χ2v) is 11.1. The smallest absolute Gasteiger partial charge is 0.158 e. The summed E-state index contributed by atoms with van der Waals surface area (Å²) in [6, 6.07) is 2.25. The first kappa shape index (κ1) is 18.6. The average Bonchev–Trinajstić information content (AvgIpc) is 3.43. The van der Waals surface area contributed by atoms with Crippen LogP contribution in [0.1, 0.15) is 85.8 Å². The number of aromatic amines is 1. The van der Waals surface area contributed by atoms with Crippen LogP contribution in [0.15, 0.2) is 18.6 Å². The molecule has 1 atom stereocenters. The summed E-state index contributed by atoms with van der Waals surface area (Å²) >= 11 is 2.02. The number of pyridine rings is 1. The fraction of sp³-hybridized carbons (Fsp3) is 0.520. The van der Waals surface area contributed by atoms with Crippen molar-refractivity contribution in [1.82, 2.24) is 19.6 Å². The Morgan fingerprint density at radius 3 is 2.77 bits per heavy atom. The Morgan fingerprint density at radius 1 is 1.23 bits per heavy atom. The van der Waals surface area contributed by atoms with Crippen molar-refractivity contribution in [1.29, 1.82) is 0 Å². The molecule has 4 heterocycles. The van der Waals surface area contributed by atoms with Gasteiger partial charge in [0, 0.05) is 22.0 Å². The lowest BCUT2D eigenvalue weighted by Crippen LogP contribution is -2.25. The first-order valence-corrected chi connectivity index (χ1v) is 12.2. The zero-order chi connectivity index (χ0) is 20.6. The van der Waals surface area contributed by atoms with Gasteiger partial charge in [0.05, 0.1) is 5.69 Å². The van der Waals surface area contributed by atoms with Crippen LogP contribution in [-0.2, 0) is 0 Å². The van der Waals surface area contributed by atoms with Crippen molar-refractivity contribution in [2.75, 3.05) is 0 Å². The van der Waals surface area contributed by atoms with Crippen molar-refractivity contribution in [3.63, 3.8) is 0 Å². The van der Waals surface area contributed by atoms with Crippen molar-refractivity contribution >= 4 is 27.2 Å². The van der Waals surface area contributed by atoms with Gasteiger partial charge in [-0.3, -0.25) is 0 Å². The molecule has 30 heavy (non-hydrogen) atoms. The fourth-order valence-corrected chi connectivity index (χ4v) is 7.60. The van der Waals surface area contributed by atoms with E-state index in [0.29, 0.717) is 11.3 Å². The van der Waals surface area contributed by atoms with E-state index in [1.165, 1.54) is 71.1 Å². The third-order valence-corrected chi connectivity index (χ3v) is 9.24. The summed E-state index contributed by atoms with van der Waals surface area (Å²) in [5, 5.41) is 5.86. The molecule has 0 bridgehead atoms. The van der Waals surface area contributed by atoms with E-state index in [-0.39, 0.29) is 0 Å². The van der Waals surface area contributed by atoms with E-state index in [0.717, 1.165) is 17.1 Å². The van der Waals surface area contributed by atoms with E-state index in [1.54, 1.807) is 11.2 Å². The summed E-state index contributed by atoms with van der Waals surface area (Å²) in [5.74, 6) is 1.23. The third kappa shape index (κ3) is 2.57. The van der Waals surface area contributed by atoms with Gasteiger partial charge in [-0.1, -0.05) is 20.3 Å². The van der Waals surface area contributed by atoms with Crippen LogP contribution >= 0.6 is 11.3 Å². The van der Waals surface area contributed by atoms with Crippen LogP contribution in [0.5, 0.6) is 0 Å². The number of nitrogens with one attached hydrogen (secondary N) is 1. The zero-order valence-electron chi connectivity index (χ0n) is 18.4. The number of thiophene rings is 1. The molecular formula is C25H30N4S. The number of H-pyrrole nitrogens is 1. The highest BCUT2D eigenvalue weighted by Gasteiger charge is 2.44. The quantitative estimate of drug-likeness (QED) is 0.385. The molecule has 4 nitrogen and oxygen atoms in total. The van der Waals surface area contributed by atoms with Crippen molar-refractivity contribution in [2.24, 2.45) is 5.41 Å². The van der Waals surface area contributed by atoms with E-state index in [4.69, 9.17) is 0 Å². The minimum Gasteiger partial charge on any atom is -0.346 e. The van der Waals surface area contributed by atoms with Crippen LogP contribution in [-0.4, -0.2) is 19.6 Å². The Morgan fingerprint density at radius 2 is 2.07 bits per heavy atom. The highest BCUT2D eigenvalue weighted by atomic mass is 32.1. The first-order valence-electron chi connectivity index (χ1n) is 11.4. The molecule has 0 aliphatic heterocycles. The summed E-state index contributed by atoms with van der Waals surface area (Å²) < 4.78 is 1.90. The Hall–Kier alpha value is -2.14. The lowest BCUT2D eigenvalue weighted by molar-refractivity contribution is 0.141. The fourth-order valence-electron chi connectivity index (χ4n) is 6.24. The highest BCUT2D eigenvalue weighted by molar-refractivity contribution is 7.19. The first-order chi connectivity index (χ1) is 14.5. The molecule has 5 heteroatoms. The molecule has 0 aromatic carbocycles. The summed E-state index contributed by atoms with van der Waals surface area (Å²) in [6.45, 7) is 9.13. The van der Waals surface area contributed by atoms with Gasteiger partial charge in [0.2, 0.25) is 0 Å². The molecule has 4 aromatic heterocycles. The molecule has 1 N–H and O–H groups in total. The number of aryl methyl sites for hydroxylation is 2. The van der Waals surface area contributed by atoms with Crippen LogP contribution in [0.4, 0.5) is 0 Å². The Kier molecular flexibility index (Phi) is 3.99. The molecule has 156 valence electrons. The van der Waals surface area contributed by atoms with E-state index in [1.807, 2.05) is 15.9 Å². The zero-order valence-corrected chi connectivity index (χ0v) is 19.2. The molecule has 4 aromatic rings. The number of aromatic nitrogens is 4. The van der Waals surface area contributed by atoms with Gasteiger partial charge in [0.1, 0.15) is 11.2 Å². The molecular weight excluding hydrogens is 388 g/mol. The minimum atomic E-state index is 0.461. The lowest BCUT2D eigenvalue weighted by Gasteiger charge is -2.38. The molecule has 2 aliphatic carbocycles. The monoisotopic (exact) mass is 418 g/mol. The summed E-state index contributed by atoms with van der Waals surface area (Å²) in [6.07, 6.45) is 12.4.